The third-order valence-corrected chi connectivity index (χ3v) is 2.42. The van der Waals surface area contributed by atoms with Gasteiger partial charge in [-0.3, -0.25) is 4.98 Å². The molecule has 0 aliphatic rings. The lowest BCUT2D eigenvalue weighted by Gasteiger charge is -2.03. The lowest BCUT2D eigenvalue weighted by atomic mass is 10.1. The third kappa shape index (κ3) is 5.78. The molecule has 0 aliphatic heterocycles. The van der Waals surface area contributed by atoms with Crippen LogP contribution in [0.5, 0.6) is 0 Å². The topological polar surface area (TPSA) is 12.9 Å². The third-order valence-electron chi connectivity index (χ3n) is 2.07. The number of hydrogen-bond acceptors (Lipinski definition) is 1. The summed E-state index contributed by atoms with van der Waals surface area (Å²) in [5.41, 5.74) is 2.10. The minimum absolute atomic E-state index is 0.807. The predicted octanol–water partition coefficient (Wildman–Crippen LogP) is 4.80. The lowest BCUT2D eigenvalue weighted by molar-refractivity contribution is 0.706. The quantitative estimate of drug-likeness (QED) is 0.674. The van der Waals surface area contributed by atoms with E-state index in [1.54, 1.807) is 0 Å². The average molecular weight is 228 g/mol. The molecule has 1 rings (SSSR count). The molecule has 1 aromatic rings. The zero-order chi connectivity index (χ0) is 11.7. The highest BCUT2D eigenvalue weighted by atomic mass is 35.5. The van der Waals surface area contributed by atoms with Gasteiger partial charge in [0.1, 0.15) is 0 Å². The van der Waals surface area contributed by atoms with E-state index < -0.39 is 0 Å². The first-order chi connectivity index (χ1) is 7.24. The molecule has 0 amide bonds. The summed E-state index contributed by atoms with van der Waals surface area (Å²) in [4.78, 5) is 4.41. The summed E-state index contributed by atoms with van der Waals surface area (Å²) in [7, 11) is 0. The van der Waals surface area contributed by atoms with Crippen LogP contribution in [-0.2, 0) is 6.42 Å². The maximum absolute atomic E-state index is 6.01. The van der Waals surface area contributed by atoms with E-state index in [1.165, 1.54) is 19.3 Å². The average Bonchev–Trinajstić information content (AvgIpc) is 2.26. The Morgan fingerprint density at radius 1 is 1.20 bits per heavy atom. The van der Waals surface area contributed by atoms with Crippen LogP contribution in [0.2, 0.25) is 5.02 Å². The maximum Gasteiger partial charge on any atom is 0.0621 e. The van der Waals surface area contributed by atoms with Gasteiger partial charge in [0.2, 0.25) is 0 Å². The van der Waals surface area contributed by atoms with Gasteiger partial charge < -0.3 is 0 Å². The second-order valence-corrected chi connectivity index (χ2v) is 3.75. The number of halogens is 1. The number of nitrogens with zero attached hydrogens (tertiary/aromatic N) is 1. The number of rotatable bonds is 4. The first kappa shape index (κ1) is 14.4. The van der Waals surface area contributed by atoms with Crippen molar-refractivity contribution >= 4 is 11.6 Å². The molecular weight excluding hydrogens is 206 g/mol. The lowest BCUT2D eigenvalue weighted by Crippen LogP contribution is -1.93. The fourth-order valence-corrected chi connectivity index (χ4v) is 1.51. The molecule has 0 aromatic carbocycles. The normalized spacial score (nSPS) is 9.40. The van der Waals surface area contributed by atoms with E-state index in [0.717, 1.165) is 22.8 Å². The van der Waals surface area contributed by atoms with Crippen molar-refractivity contribution in [2.75, 3.05) is 0 Å². The van der Waals surface area contributed by atoms with Crippen LogP contribution in [0.3, 0.4) is 0 Å². The highest BCUT2D eigenvalue weighted by Gasteiger charge is 2.01. The van der Waals surface area contributed by atoms with Crippen LogP contribution >= 0.6 is 11.6 Å². The molecule has 0 unspecified atom stereocenters. The van der Waals surface area contributed by atoms with E-state index in [4.69, 9.17) is 11.6 Å². The highest BCUT2D eigenvalue weighted by Crippen LogP contribution is 2.16. The van der Waals surface area contributed by atoms with Crippen LogP contribution in [-0.4, -0.2) is 4.98 Å². The van der Waals surface area contributed by atoms with Crippen LogP contribution in [0.1, 0.15) is 51.4 Å². The molecule has 1 heterocycles. The number of hydrogen-bond donors (Lipinski definition) is 0. The Balaban J connectivity index is 0.000000921. The van der Waals surface area contributed by atoms with Gasteiger partial charge >= 0.3 is 0 Å². The second-order valence-electron chi connectivity index (χ2n) is 3.34. The molecular formula is C13H22ClN. The Morgan fingerprint density at radius 2 is 1.87 bits per heavy atom. The molecule has 15 heavy (non-hydrogen) atoms. The molecule has 86 valence electrons. The number of aryl methyl sites for hydroxylation is 2. The molecule has 0 radical (unpaired) electrons. The van der Waals surface area contributed by atoms with E-state index >= 15 is 0 Å². The van der Waals surface area contributed by atoms with Gasteiger partial charge in [-0.05, 0) is 31.9 Å². The summed E-state index contributed by atoms with van der Waals surface area (Å²) in [6, 6.07) is 3.89. The Morgan fingerprint density at radius 3 is 2.47 bits per heavy atom. The summed E-state index contributed by atoms with van der Waals surface area (Å²) in [6.07, 6.45) is 4.69. The van der Waals surface area contributed by atoms with Crippen LogP contribution < -0.4 is 0 Å². The van der Waals surface area contributed by atoms with Gasteiger partial charge in [-0.2, -0.15) is 0 Å². The van der Waals surface area contributed by atoms with E-state index in [0.29, 0.717) is 0 Å². The molecule has 0 N–H and O–H groups in total. The molecule has 0 spiro atoms. The van der Waals surface area contributed by atoms with Crippen molar-refractivity contribution in [3.8, 4) is 0 Å². The Hall–Kier alpha value is -0.560. The zero-order valence-corrected chi connectivity index (χ0v) is 11.1. The fourth-order valence-electron chi connectivity index (χ4n) is 1.31. The summed E-state index contributed by atoms with van der Waals surface area (Å²) in [5.74, 6) is 0. The number of unbranched alkanes of at least 4 members (excludes halogenated alkanes) is 2. The summed E-state index contributed by atoms with van der Waals surface area (Å²) in [5, 5.41) is 0.807. The molecule has 1 aromatic heterocycles. The maximum atomic E-state index is 6.01. The van der Waals surface area contributed by atoms with Crippen molar-refractivity contribution in [1.29, 1.82) is 0 Å². The predicted molar refractivity (Wildman–Crippen MR) is 68.6 cm³/mol. The molecule has 1 nitrogen and oxygen atoms in total. The van der Waals surface area contributed by atoms with E-state index in [1.807, 2.05) is 32.9 Å². The van der Waals surface area contributed by atoms with Gasteiger partial charge in [0.25, 0.3) is 0 Å². The van der Waals surface area contributed by atoms with Crippen molar-refractivity contribution in [2.45, 2.75) is 53.4 Å². The van der Waals surface area contributed by atoms with Crippen LogP contribution in [0.25, 0.3) is 0 Å². The number of pyridine rings is 1. The molecule has 0 saturated heterocycles. The highest BCUT2D eigenvalue weighted by molar-refractivity contribution is 6.31. The smallest absolute Gasteiger partial charge is 0.0621 e. The molecule has 0 atom stereocenters. The fraction of sp³-hybridized carbons (Fsp3) is 0.615. The Kier molecular flexibility index (Phi) is 8.40. The minimum Gasteiger partial charge on any atom is -0.257 e. The van der Waals surface area contributed by atoms with Crippen LogP contribution in [0.4, 0.5) is 0 Å². The van der Waals surface area contributed by atoms with Gasteiger partial charge in [-0.25, -0.2) is 0 Å². The Labute approximate surface area is 98.9 Å². The molecule has 2 heteroatoms. The molecule has 0 aliphatic carbocycles. The van der Waals surface area contributed by atoms with Gasteiger partial charge in [0, 0.05) is 5.69 Å². The zero-order valence-electron chi connectivity index (χ0n) is 10.3. The van der Waals surface area contributed by atoms with Crippen LogP contribution in [0.15, 0.2) is 12.1 Å². The van der Waals surface area contributed by atoms with Crippen molar-refractivity contribution in [3.05, 3.63) is 28.5 Å². The van der Waals surface area contributed by atoms with Gasteiger partial charge in [-0.1, -0.05) is 45.2 Å². The van der Waals surface area contributed by atoms with Crippen molar-refractivity contribution < 1.29 is 0 Å². The van der Waals surface area contributed by atoms with Gasteiger partial charge in [-0.15, -0.1) is 0 Å². The van der Waals surface area contributed by atoms with Crippen LogP contribution in [0, 0.1) is 6.92 Å². The van der Waals surface area contributed by atoms with Crippen molar-refractivity contribution in [1.82, 2.24) is 4.98 Å². The van der Waals surface area contributed by atoms with Crippen molar-refractivity contribution in [3.63, 3.8) is 0 Å². The largest absolute Gasteiger partial charge is 0.257 e. The summed E-state index contributed by atoms with van der Waals surface area (Å²) < 4.78 is 0. The Bertz CT molecular complexity index is 271. The SMILES string of the molecule is CC.CCCCCc1nc(C)ccc1Cl. The first-order valence-corrected chi connectivity index (χ1v) is 6.24. The van der Waals surface area contributed by atoms with Gasteiger partial charge in [0.05, 0.1) is 10.7 Å². The first-order valence-electron chi connectivity index (χ1n) is 5.86. The monoisotopic (exact) mass is 227 g/mol. The summed E-state index contributed by atoms with van der Waals surface area (Å²) >= 11 is 6.01. The van der Waals surface area contributed by atoms with E-state index in [2.05, 4.69) is 11.9 Å². The van der Waals surface area contributed by atoms with Gasteiger partial charge in [0.15, 0.2) is 0 Å². The summed E-state index contributed by atoms with van der Waals surface area (Å²) in [6.45, 7) is 8.20. The molecule has 0 saturated carbocycles. The van der Waals surface area contributed by atoms with E-state index in [-0.39, 0.29) is 0 Å². The second kappa shape index (κ2) is 8.72. The standard InChI is InChI=1S/C11H16ClN.C2H6/c1-3-4-5-6-11-10(12)8-7-9(2)13-11;1-2/h7-8H,3-6H2,1-2H3;1-2H3. The van der Waals surface area contributed by atoms with Crippen molar-refractivity contribution in [2.24, 2.45) is 0 Å². The van der Waals surface area contributed by atoms with E-state index in [9.17, 15) is 0 Å². The molecule has 0 fully saturated rings. The minimum atomic E-state index is 0.807. The number of aromatic nitrogens is 1. The molecule has 0 bridgehead atoms.